The van der Waals surface area contributed by atoms with Crippen LogP contribution in [0.2, 0.25) is 0 Å². The van der Waals surface area contributed by atoms with E-state index in [1.54, 1.807) is 7.11 Å². The van der Waals surface area contributed by atoms with Crippen LogP contribution in [0.5, 0.6) is 0 Å². The van der Waals surface area contributed by atoms with Gasteiger partial charge in [-0.05, 0) is 50.0 Å². The molecule has 0 aromatic rings. The molecule has 5 saturated carbocycles. The summed E-state index contributed by atoms with van der Waals surface area (Å²) in [5.41, 5.74) is -0.669. The van der Waals surface area contributed by atoms with Crippen LogP contribution in [0.4, 0.5) is 0 Å². The third kappa shape index (κ3) is 1.73. The van der Waals surface area contributed by atoms with Gasteiger partial charge in [-0.25, -0.2) is 0 Å². The summed E-state index contributed by atoms with van der Waals surface area (Å²) in [6.07, 6.45) is 5.04. The molecule has 7 bridgehead atoms. The second kappa shape index (κ2) is 5.48. The monoisotopic (exact) mass is 377 g/mol. The molecule has 6 rings (SSSR count). The number of nitrogens with zero attached hydrogens (tertiary/aromatic N) is 1. The first-order valence-corrected chi connectivity index (χ1v) is 11.2. The van der Waals surface area contributed by atoms with Crippen LogP contribution in [0, 0.1) is 40.9 Å². The molecular weight excluding hydrogens is 342 g/mol. The van der Waals surface area contributed by atoms with Crippen LogP contribution in [-0.4, -0.2) is 72.4 Å². The lowest BCUT2D eigenvalue weighted by Crippen LogP contribution is -2.74. The zero-order chi connectivity index (χ0) is 18.7. The molecule has 6 aliphatic rings. The molecule has 0 aromatic heterocycles. The number of aliphatic hydroxyl groups is 2. The number of rotatable bonds is 3. The molecule has 152 valence electrons. The van der Waals surface area contributed by atoms with Crippen molar-refractivity contribution in [3.05, 3.63) is 0 Å². The van der Waals surface area contributed by atoms with Crippen molar-refractivity contribution in [2.75, 3.05) is 27.3 Å². The first kappa shape index (κ1) is 17.6. The Bertz CT molecular complexity index is 644. The summed E-state index contributed by atoms with van der Waals surface area (Å²) in [6.45, 7) is 4.52. The molecule has 5 nitrogen and oxygen atoms in total. The summed E-state index contributed by atoms with van der Waals surface area (Å²) >= 11 is 0. The molecule has 12 atom stereocenters. The highest BCUT2D eigenvalue weighted by Gasteiger charge is 2.81. The molecular formula is C22H35NO4. The average Bonchev–Trinajstić information content (AvgIpc) is 3.06. The molecule has 5 aliphatic carbocycles. The third-order valence-electron chi connectivity index (χ3n) is 10.5. The Morgan fingerprint density at radius 3 is 2.59 bits per heavy atom. The maximum Gasteiger partial charge on any atom is 0.0771 e. The fourth-order valence-electron chi connectivity index (χ4n) is 9.96. The largest absolute Gasteiger partial charge is 0.392 e. The van der Waals surface area contributed by atoms with E-state index in [9.17, 15) is 10.2 Å². The van der Waals surface area contributed by atoms with Gasteiger partial charge in [0, 0.05) is 56.4 Å². The highest BCUT2D eigenvalue weighted by Crippen LogP contribution is 2.77. The van der Waals surface area contributed by atoms with Crippen molar-refractivity contribution in [1.82, 2.24) is 4.90 Å². The predicted octanol–water partition coefficient (Wildman–Crippen LogP) is 1.51. The normalized spacial score (nSPS) is 63.4. The minimum absolute atomic E-state index is 0.00774. The predicted molar refractivity (Wildman–Crippen MR) is 100 cm³/mol. The first-order chi connectivity index (χ1) is 13.0. The molecule has 5 heteroatoms. The molecule has 1 spiro atoms. The van der Waals surface area contributed by atoms with E-state index < -0.39 is 11.7 Å². The smallest absolute Gasteiger partial charge is 0.0771 e. The van der Waals surface area contributed by atoms with Crippen molar-refractivity contribution in [2.45, 2.75) is 69.0 Å². The van der Waals surface area contributed by atoms with Crippen molar-refractivity contribution in [2.24, 2.45) is 40.9 Å². The molecule has 2 N–H and O–H groups in total. The van der Waals surface area contributed by atoms with E-state index in [1.807, 2.05) is 7.11 Å². The van der Waals surface area contributed by atoms with Crippen LogP contribution in [0.15, 0.2) is 0 Å². The molecule has 0 aromatic carbocycles. The molecule has 1 aliphatic heterocycles. The molecule has 1 heterocycles. The Morgan fingerprint density at radius 1 is 1.07 bits per heavy atom. The Labute approximate surface area is 162 Å². The number of methoxy groups -OCH3 is 2. The van der Waals surface area contributed by atoms with E-state index >= 15 is 0 Å². The van der Waals surface area contributed by atoms with E-state index in [-0.39, 0.29) is 35.4 Å². The highest BCUT2D eigenvalue weighted by atomic mass is 16.5. The highest BCUT2D eigenvalue weighted by molar-refractivity contribution is 5.31. The van der Waals surface area contributed by atoms with Crippen LogP contribution in [0.1, 0.15) is 39.0 Å². The van der Waals surface area contributed by atoms with Crippen LogP contribution in [-0.2, 0) is 9.47 Å². The lowest BCUT2D eigenvalue weighted by Gasteiger charge is -2.67. The second-order valence-electron chi connectivity index (χ2n) is 10.5. The quantitative estimate of drug-likeness (QED) is 0.781. The van der Waals surface area contributed by atoms with Gasteiger partial charge in [0.05, 0.1) is 23.9 Å². The van der Waals surface area contributed by atoms with E-state index in [2.05, 4.69) is 11.8 Å². The minimum atomic E-state index is -0.786. The third-order valence-corrected chi connectivity index (χ3v) is 10.5. The molecule has 0 unspecified atom stereocenters. The number of likely N-dealkylation sites (tertiary alicyclic amines) is 1. The summed E-state index contributed by atoms with van der Waals surface area (Å²) < 4.78 is 12.1. The summed E-state index contributed by atoms with van der Waals surface area (Å²) in [4.78, 5) is 2.69. The fraction of sp³-hybridized carbons (Fsp3) is 1.00. The van der Waals surface area contributed by atoms with Crippen molar-refractivity contribution in [1.29, 1.82) is 0 Å². The topological polar surface area (TPSA) is 62.2 Å². The van der Waals surface area contributed by atoms with Gasteiger partial charge in [0.25, 0.3) is 0 Å². The number of fused-ring (bicyclic) bond motifs is 2. The molecule has 0 amide bonds. The SMILES string of the molecule is CCN1C[C@H]2CC[C@@H](OC)[C@]34[C@@H]5C[C@H]6[C@@H](O)[C@@H]5[C@](O)(C[C@@H]6OC)[C@H](C[C@@H]23)[C@H]14. The Hall–Kier alpha value is -0.200. The Morgan fingerprint density at radius 2 is 1.89 bits per heavy atom. The first-order valence-electron chi connectivity index (χ1n) is 11.2. The van der Waals surface area contributed by atoms with Crippen molar-refractivity contribution >= 4 is 0 Å². The summed E-state index contributed by atoms with van der Waals surface area (Å²) in [5, 5.41) is 23.5. The standard InChI is InChI=1S/C22H35NO4/c1-4-23-10-11-5-6-17(27-3)22-13(11)8-15(20(22)23)21(25)9-16(26-2)12-7-14(22)18(21)19(12)24/h11-20,24-25H,4-10H2,1-3H3/t11-,12-,13+,14-,15-,16+,17-,18-,19-,20+,21+,22-/m1/s1. The van der Waals surface area contributed by atoms with E-state index in [0.29, 0.717) is 24.3 Å². The van der Waals surface area contributed by atoms with Gasteiger partial charge in [0.1, 0.15) is 0 Å². The van der Waals surface area contributed by atoms with Crippen molar-refractivity contribution in [3.8, 4) is 0 Å². The van der Waals surface area contributed by atoms with Crippen LogP contribution < -0.4 is 0 Å². The van der Waals surface area contributed by atoms with Gasteiger partial charge in [-0.1, -0.05) is 6.92 Å². The van der Waals surface area contributed by atoms with Crippen LogP contribution >= 0.6 is 0 Å². The van der Waals surface area contributed by atoms with Crippen molar-refractivity contribution < 1.29 is 19.7 Å². The maximum atomic E-state index is 12.2. The number of aliphatic hydroxyl groups excluding tert-OH is 1. The summed E-state index contributed by atoms with van der Waals surface area (Å²) in [7, 11) is 3.65. The fourth-order valence-corrected chi connectivity index (χ4v) is 9.96. The summed E-state index contributed by atoms with van der Waals surface area (Å²) in [5.74, 6) is 2.17. The number of hydrogen-bond acceptors (Lipinski definition) is 5. The Kier molecular flexibility index (Phi) is 3.58. The molecule has 27 heavy (non-hydrogen) atoms. The maximum absolute atomic E-state index is 12.2. The van der Waals surface area contributed by atoms with Gasteiger partial charge >= 0.3 is 0 Å². The van der Waals surface area contributed by atoms with E-state index in [0.717, 1.165) is 31.7 Å². The van der Waals surface area contributed by atoms with E-state index in [4.69, 9.17) is 9.47 Å². The lowest BCUT2D eigenvalue weighted by molar-refractivity contribution is -0.259. The van der Waals surface area contributed by atoms with Crippen LogP contribution in [0.25, 0.3) is 0 Å². The molecule has 1 saturated heterocycles. The molecule has 0 radical (unpaired) electrons. The summed E-state index contributed by atoms with van der Waals surface area (Å²) in [6, 6.07) is 0.404. The number of piperidine rings is 1. The number of hydrogen-bond donors (Lipinski definition) is 2. The Balaban J connectivity index is 1.57. The molecule has 6 fully saturated rings. The minimum Gasteiger partial charge on any atom is -0.392 e. The lowest BCUT2D eigenvalue weighted by atomic mass is 9.46. The van der Waals surface area contributed by atoms with Gasteiger partial charge in [-0.3, -0.25) is 4.90 Å². The van der Waals surface area contributed by atoms with E-state index in [1.165, 1.54) is 13.0 Å². The zero-order valence-electron chi connectivity index (χ0n) is 16.9. The van der Waals surface area contributed by atoms with Gasteiger partial charge < -0.3 is 19.7 Å². The zero-order valence-corrected chi connectivity index (χ0v) is 16.9. The van der Waals surface area contributed by atoms with Crippen LogP contribution in [0.3, 0.4) is 0 Å². The van der Waals surface area contributed by atoms with Gasteiger partial charge in [0.2, 0.25) is 0 Å². The van der Waals surface area contributed by atoms with Gasteiger partial charge in [-0.2, -0.15) is 0 Å². The average molecular weight is 378 g/mol. The van der Waals surface area contributed by atoms with Gasteiger partial charge in [-0.15, -0.1) is 0 Å². The van der Waals surface area contributed by atoms with Gasteiger partial charge in [0.15, 0.2) is 0 Å². The van der Waals surface area contributed by atoms with Crippen molar-refractivity contribution in [3.63, 3.8) is 0 Å². The second-order valence-corrected chi connectivity index (χ2v) is 10.5. The number of ether oxygens (including phenoxy) is 2.